The first-order chi connectivity index (χ1) is 12.7. The van der Waals surface area contributed by atoms with Crippen LogP contribution < -0.4 is 4.74 Å². The van der Waals surface area contributed by atoms with Gasteiger partial charge in [0.1, 0.15) is 5.75 Å². The van der Waals surface area contributed by atoms with Gasteiger partial charge in [0.15, 0.2) is 0 Å². The monoisotopic (exact) mass is 347 g/mol. The van der Waals surface area contributed by atoms with Crippen LogP contribution in [-0.2, 0) is 4.74 Å². The van der Waals surface area contributed by atoms with Crippen molar-refractivity contribution in [2.75, 3.05) is 13.2 Å². The molecule has 0 atom stereocenters. The third-order valence-electron chi connectivity index (χ3n) is 3.95. The van der Waals surface area contributed by atoms with Gasteiger partial charge in [0.25, 0.3) is 0 Å². The third kappa shape index (κ3) is 3.91. The second-order valence-electron chi connectivity index (χ2n) is 5.66. The van der Waals surface area contributed by atoms with Gasteiger partial charge in [-0.15, -0.1) is 0 Å². The predicted molar refractivity (Wildman–Crippen MR) is 105 cm³/mol. The van der Waals surface area contributed by atoms with Crippen LogP contribution in [0.25, 0.3) is 10.8 Å². The van der Waals surface area contributed by atoms with E-state index < -0.39 is 0 Å². The molecule has 3 aromatic rings. The summed E-state index contributed by atoms with van der Waals surface area (Å²) in [5.41, 5.74) is 2.22. The average Bonchev–Trinajstić information content (AvgIpc) is 2.68. The van der Waals surface area contributed by atoms with E-state index in [4.69, 9.17) is 9.47 Å². The van der Waals surface area contributed by atoms with Crippen LogP contribution in [-0.4, -0.2) is 25.4 Å². The maximum Gasteiger partial charge on any atom is 0.338 e. The molecule has 0 aliphatic carbocycles. The number of ether oxygens (including phenoxy) is 2. The lowest BCUT2D eigenvalue weighted by atomic mass is 10.0. The quantitative estimate of drug-likeness (QED) is 0.457. The van der Waals surface area contributed by atoms with Crippen molar-refractivity contribution in [2.24, 2.45) is 4.99 Å². The molecule has 3 aromatic carbocycles. The molecule has 0 fully saturated rings. The molecule has 132 valence electrons. The van der Waals surface area contributed by atoms with E-state index in [9.17, 15) is 4.79 Å². The van der Waals surface area contributed by atoms with Crippen LogP contribution in [0.1, 0.15) is 29.8 Å². The normalized spacial score (nSPS) is 11.0. The van der Waals surface area contributed by atoms with Gasteiger partial charge >= 0.3 is 5.97 Å². The Bertz CT molecular complexity index is 930. The van der Waals surface area contributed by atoms with Crippen molar-refractivity contribution < 1.29 is 14.3 Å². The first-order valence-electron chi connectivity index (χ1n) is 8.68. The zero-order valence-corrected chi connectivity index (χ0v) is 14.9. The van der Waals surface area contributed by atoms with Gasteiger partial charge in [0.05, 0.1) is 24.5 Å². The molecule has 0 saturated heterocycles. The van der Waals surface area contributed by atoms with Crippen molar-refractivity contribution in [3.63, 3.8) is 0 Å². The van der Waals surface area contributed by atoms with Crippen molar-refractivity contribution in [3.8, 4) is 5.75 Å². The van der Waals surface area contributed by atoms with E-state index in [0.29, 0.717) is 18.8 Å². The van der Waals surface area contributed by atoms with Crippen LogP contribution in [0.2, 0.25) is 0 Å². The molecule has 0 amide bonds. The van der Waals surface area contributed by atoms with Crippen LogP contribution >= 0.6 is 0 Å². The van der Waals surface area contributed by atoms with Crippen molar-refractivity contribution in [1.29, 1.82) is 0 Å². The van der Waals surface area contributed by atoms with E-state index in [0.717, 1.165) is 27.8 Å². The number of fused-ring (bicyclic) bond motifs is 1. The fraction of sp³-hybridized carbons (Fsp3) is 0.182. The first-order valence-corrected chi connectivity index (χ1v) is 8.68. The van der Waals surface area contributed by atoms with Gasteiger partial charge < -0.3 is 9.47 Å². The van der Waals surface area contributed by atoms with E-state index in [-0.39, 0.29) is 5.97 Å². The molecule has 26 heavy (non-hydrogen) atoms. The minimum Gasteiger partial charge on any atom is -0.493 e. The number of carbonyl (C=O) groups is 1. The van der Waals surface area contributed by atoms with E-state index in [2.05, 4.69) is 17.1 Å². The third-order valence-corrected chi connectivity index (χ3v) is 3.95. The summed E-state index contributed by atoms with van der Waals surface area (Å²) in [5.74, 6) is 0.480. The van der Waals surface area contributed by atoms with Gasteiger partial charge in [0.2, 0.25) is 0 Å². The summed E-state index contributed by atoms with van der Waals surface area (Å²) >= 11 is 0. The lowest BCUT2D eigenvalue weighted by molar-refractivity contribution is 0.0526. The fourth-order valence-electron chi connectivity index (χ4n) is 2.73. The van der Waals surface area contributed by atoms with E-state index >= 15 is 0 Å². The van der Waals surface area contributed by atoms with Crippen LogP contribution in [0.3, 0.4) is 0 Å². The molecule has 0 bridgehead atoms. The van der Waals surface area contributed by atoms with Crippen LogP contribution in [0.4, 0.5) is 5.69 Å². The van der Waals surface area contributed by atoms with Crippen molar-refractivity contribution in [1.82, 2.24) is 0 Å². The van der Waals surface area contributed by atoms with Gasteiger partial charge in [-0.1, -0.05) is 30.3 Å². The average molecular weight is 347 g/mol. The number of aliphatic imine (C=N–C) groups is 1. The molecule has 0 spiro atoms. The van der Waals surface area contributed by atoms with Crippen molar-refractivity contribution >= 4 is 28.6 Å². The fourth-order valence-corrected chi connectivity index (χ4v) is 2.73. The highest BCUT2D eigenvalue weighted by molar-refractivity contribution is 6.03. The van der Waals surface area contributed by atoms with E-state index in [1.54, 1.807) is 31.2 Å². The highest BCUT2D eigenvalue weighted by atomic mass is 16.5. The van der Waals surface area contributed by atoms with Crippen molar-refractivity contribution in [3.05, 3.63) is 71.8 Å². The number of hydrogen-bond acceptors (Lipinski definition) is 4. The molecule has 3 rings (SSSR count). The number of benzene rings is 3. The second kappa shape index (κ2) is 8.30. The summed E-state index contributed by atoms with van der Waals surface area (Å²) in [6.45, 7) is 4.70. The van der Waals surface area contributed by atoms with Crippen LogP contribution in [0.5, 0.6) is 5.75 Å². The number of carbonyl (C=O) groups excluding carboxylic acids is 1. The molecule has 0 aromatic heterocycles. The molecule has 4 heteroatoms. The van der Waals surface area contributed by atoms with Crippen LogP contribution in [0, 0.1) is 0 Å². The maximum atomic E-state index is 11.7. The predicted octanol–water partition coefficient (Wildman–Crippen LogP) is 5.17. The highest BCUT2D eigenvalue weighted by Gasteiger charge is 2.07. The SMILES string of the molecule is CCOC(=O)c1ccc(N=Cc2c(OCC)ccc3ccccc23)cc1. The Morgan fingerprint density at radius 2 is 1.73 bits per heavy atom. The molecular formula is C22H21NO3. The van der Waals surface area contributed by atoms with Crippen molar-refractivity contribution in [2.45, 2.75) is 13.8 Å². The van der Waals surface area contributed by atoms with E-state index in [1.807, 2.05) is 37.4 Å². The Balaban J connectivity index is 1.92. The molecule has 0 N–H and O–H groups in total. The molecule has 0 radical (unpaired) electrons. The summed E-state index contributed by atoms with van der Waals surface area (Å²) in [6, 6.07) is 19.2. The Morgan fingerprint density at radius 3 is 2.46 bits per heavy atom. The minimum atomic E-state index is -0.323. The van der Waals surface area contributed by atoms with Gasteiger partial charge in [-0.05, 0) is 55.0 Å². The second-order valence-corrected chi connectivity index (χ2v) is 5.66. The minimum absolute atomic E-state index is 0.323. The molecule has 0 aliphatic rings. The highest BCUT2D eigenvalue weighted by Crippen LogP contribution is 2.27. The Kier molecular flexibility index (Phi) is 5.64. The summed E-state index contributed by atoms with van der Waals surface area (Å²) < 4.78 is 10.8. The Hall–Kier alpha value is -3.14. The number of esters is 1. The number of nitrogens with zero attached hydrogens (tertiary/aromatic N) is 1. The molecule has 4 nitrogen and oxygen atoms in total. The van der Waals surface area contributed by atoms with Gasteiger partial charge in [-0.3, -0.25) is 4.99 Å². The van der Waals surface area contributed by atoms with E-state index in [1.165, 1.54) is 0 Å². The maximum absolute atomic E-state index is 11.7. The standard InChI is InChI=1S/C22H21NO3/c1-3-25-21-14-11-16-7-5-6-8-19(16)20(21)15-23-18-12-9-17(10-13-18)22(24)26-4-2/h5-15H,3-4H2,1-2H3. The Labute approximate surface area is 153 Å². The topological polar surface area (TPSA) is 47.9 Å². The number of hydrogen-bond donors (Lipinski definition) is 0. The summed E-state index contributed by atoms with van der Waals surface area (Å²) in [5, 5.41) is 2.22. The van der Waals surface area contributed by atoms with Gasteiger partial charge in [-0.2, -0.15) is 0 Å². The zero-order valence-electron chi connectivity index (χ0n) is 14.9. The molecule has 0 unspecified atom stereocenters. The smallest absolute Gasteiger partial charge is 0.338 e. The van der Waals surface area contributed by atoms with Gasteiger partial charge in [-0.25, -0.2) is 4.79 Å². The largest absolute Gasteiger partial charge is 0.493 e. The van der Waals surface area contributed by atoms with Gasteiger partial charge in [0, 0.05) is 11.8 Å². The lowest BCUT2D eigenvalue weighted by Gasteiger charge is -2.10. The summed E-state index contributed by atoms with van der Waals surface area (Å²) in [6.07, 6.45) is 1.81. The summed E-state index contributed by atoms with van der Waals surface area (Å²) in [4.78, 5) is 16.3. The lowest BCUT2D eigenvalue weighted by Crippen LogP contribution is -2.03. The van der Waals surface area contributed by atoms with Crippen LogP contribution in [0.15, 0.2) is 65.7 Å². The zero-order chi connectivity index (χ0) is 18.4. The molecule has 0 aliphatic heterocycles. The number of rotatable bonds is 6. The molecule has 0 heterocycles. The summed E-state index contributed by atoms with van der Waals surface area (Å²) in [7, 11) is 0. The first kappa shape index (κ1) is 17.7. The molecule has 0 saturated carbocycles. The Morgan fingerprint density at radius 1 is 0.962 bits per heavy atom. The molecular weight excluding hydrogens is 326 g/mol.